The van der Waals surface area contributed by atoms with Gasteiger partial charge >= 0.3 is 0 Å². The molecule has 0 spiro atoms. The van der Waals surface area contributed by atoms with E-state index >= 15 is 0 Å². The van der Waals surface area contributed by atoms with E-state index in [2.05, 4.69) is 0 Å². The Hall–Kier alpha value is -1.18. The second kappa shape index (κ2) is 7.82. The zero-order chi connectivity index (χ0) is 7.66. The maximum absolute atomic E-state index is 9.79. The highest BCUT2D eigenvalue weighted by Crippen LogP contribution is 1.86. The molecule has 0 aromatic heterocycles. The summed E-state index contributed by atoms with van der Waals surface area (Å²) in [5, 5.41) is 0. The lowest BCUT2D eigenvalue weighted by Gasteiger charge is -1.77. The molecule has 0 heterocycles. The maximum Gasteiger partial charge on any atom is 0.142 e. The van der Waals surface area contributed by atoms with Gasteiger partial charge in [-0.15, -0.1) is 0 Å². The molecular weight excluding hydrogens is 128 g/mol. The van der Waals surface area contributed by atoms with Gasteiger partial charge in [-0.05, 0) is 12.5 Å². The lowest BCUT2D eigenvalue weighted by molar-refractivity contribution is -0.107. The highest BCUT2D eigenvalue weighted by molar-refractivity contribution is 5.65. The first-order valence-corrected chi connectivity index (χ1v) is 3.12. The first-order valence-electron chi connectivity index (χ1n) is 3.12. The molecule has 0 N–H and O–H groups in total. The zero-order valence-electron chi connectivity index (χ0n) is 5.69. The van der Waals surface area contributed by atoms with E-state index < -0.39 is 0 Å². The Kier molecular flexibility index (Phi) is 6.90. The van der Waals surface area contributed by atoms with Crippen molar-refractivity contribution < 1.29 is 9.59 Å². The van der Waals surface area contributed by atoms with Crippen molar-refractivity contribution in [3.05, 3.63) is 24.3 Å². The highest BCUT2D eigenvalue weighted by Gasteiger charge is 1.74. The summed E-state index contributed by atoms with van der Waals surface area (Å²) in [4.78, 5) is 19.5. The molecule has 2 heteroatoms. The van der Waals surface area contributed by atoms with Gasteiger partial charge in [-0.1, -0.05) is 18.2 Å². The van der Waals surface area contributed by atoms with E-state index in [0.717, 1.165) is 12.7 Å². The molecule has 0 aliphatic heterocycles. The fourth-order valence-corrected chi connectivity index (χ4v) is 0.449. The van der Waals surface area contributed by atoms with Gasteiger partial charge in [-0.3, -0.25) is 4.79 Å². The molecule has 0 fully saturated rings. The zero-order valence-corrected chi connectivity index (χ0v) is 5.69. The minimum absolute atomic E-state index is 0.547. The van der Waals surface area contributed by atoms with Crippen LogP contribution in [0.3, 0.4) is 0 Å². The average molecular weight is 138 g/mol. The number of rotatable bonds is 5. The Morgan fingerprint density at radius 1 is 0.900 bits per heavy atom. The highest BCUT2D eigenvalue weighted by atomic mass is 16.1. The van der Waals surface area contributed by atoms with Crippen molar-refractivity contribution in [2.24, 2.45) is 0 Å². The van der Waals surface area contributed by atoms with Gasteiger partial charge in [0.05, 0.1) is 0 Å². The third-order valence-corrected chi connectivity index (χ3v) is 0.888. The van der Waals surface area contributed by atoms with Crippen molar-refractivity contribution in [1.82, 2.24) is 0 Å². The van der Waals surface area contributed by atoms with Crippen LogP contribution in [0.1, 0.15) is 12.8 Å². The van der Waals surface area contributed by atoms with E-state index in [-0.39, 0.29) is 0 Å². The predicted molar refractivity (Wildman–Crippen MR) is 39.6 cm³/mol. The van der Waals surface area contributed by atoms with Gasteiger partial charge in [-0.2, -0.15) is 0 Å². The molecule has 0 bridgehead atoms. The standard InChI is InChI=1S/C8H10O2/c9-7-5-3-1-2-4-6-8-10/h1-3,5,7-8H,4,6H2/b2-1+,5-3+. The van der Waals surface area contributed by atoms with Crippen LogP contribution in [0.2, 0.25) is 0 Å². The van der Waals surface area contributed by atoms with Gasteiger partial charge in [0.15, 0.2) is 0 Å². The van der Waals surface area contributed by atoms with Crippen molar-refractivity contribution in [2.45, 2.75) is 12.8 Å². The molecule has 2 nitrogen and oxygen atoms in total. The first-order chi connectivity index (χ1) is 4.91. The number of carbonyl (C=O) groups is 2. The summed E-state index contributed by atoms with van der Waals surface area (Å²) in [7, 11) is 0. The minimum atomic E-state index is 0.547. The predicted octanol–water partition coefficient (Wildman–Crippen LogP) is 1.28. The fraction of sp³-hybridized carbons (Fsp3) is 0.250. The van der Waals surface area contributed by atoms with Gasteiger partial charge in [0.1, 0.15) is 12.6 Å². The van der Waals surface area contributed by atoms with Crippen LogP contribution in [-0.4, -0.2) is 12.6 Å². The summed E-state index contributed by atoms with van der Waals surface area (Å²) in [5.74, 6) is 0. The molecular formula is C8H10O2. The van der Waals surface area contributed by atoms with Crippen LogP contribution in [-0.2, 0) is 9.59 Å². The van der Waals surface area contributed by atoms with Gasteiger partial charge in [0, 0.05) is 6.42 Å². The third kappa shape index (κ3) is 6.82. The Labute approximate surface area is 60.2 Å². The van der Waals surface area contributed by atoms with Crippen LogP contribution >= 0.6 is 0 Å². The molecule has 10 heavy (non-hydrogen) atoms. The second-order valence-electron chi connectivity index (χ2n) is 1.69. The van der Waals surface area contributed by atoms with Crippen LogP contribution in [0.5, 0.6) is 0 Å². The SMILES string of the molecule is O=C/C=C/C=C/CCC=O. The monoisotopic (exact) mass is 138 g/mol. The largest absolute Gasteiger partial charge is 0.303 e. The van der Waals surface area contributed by atoms with Crippen LogP contribution in [0, 0.1) is 0 Å². The number of carbonyl (C=O) groups excluding carboxylic acids is 2. The van der Waals surface area contributed by atoms with Gasteiger partial charge in [-0.25, -0.2) is 0 Å². The van der Waals surface area contributed by atoms with Gasteiger partial charge < -0.3 is 4.79 Å². The molecule has 0 unspecified atom stereocenters. The number of unbranched alkanes of at least 4 members (excludes halogenated alkanes) is 1. The van der Waals surface area contributed by atoms with E-state index in [1.807, 2.05) is 6.08 Å². The molecule has 0 amide bonds. The smallest absolute Gasteiger partial charge is 0.142 e. The van der Waals surface area contributed by atoms with Crippen molar-refractivity contribution in [3.8, 4) is 0 Å². The van der Waals surface area contributed by atoms with E-state index in [9.17, 15) is 9.59 Å². The normalized spacial score (nSPS) is 10.8. The quantitative estimate of drug-likeness (QED) is 0.248. The summed E-state index contributed by atoms with van der Waals surface area (Å²) in [6, 6.07) is 0. The molecule has 0 saturated heterocycles. The van der Waals surface area contributed by atoms with Gasteiger partial charge in [0.25, 0.3) is 0 Å². The van der Waals surface area contributed by atoms with E-state index in [1.54, 1.807) is 12.2 Å². The van der Waals surface area contributed by atoms with Gasteiger partial charge in [0.2, 0.25) is 0 Å². The lowest BCUT2D eigenvalue weighted by atomic mass is 10.3. The molecule has 54 valence electrons. The number of aldehydes is 2. The second-order valence-corrected chi connectivity index (χ2v) is 1.69. The summed E-state index contributed by atoms with van der Waals surface area (Å²) in [6.45, 7) is 0. The number of hydrogen-bond acceptors (Lipinski definition) is 2. The molecule has 0 radical (unpaired) electrons. The first kappa shape index (κ1) is 8.82. The number of hydrogen-bond donors (Lipinski definition) is 0. The van der Waals surface area contributed by atoms with E-state index in [0.29, 0.717) is 12.7 Å². The minimum Gasteiger partial charge on any atom is -0.303 e. The average Bonchev–Trinajstić information content (AvgIpc) is 1.97. The van der Waals surface area contributed by atoms with Crippen LogP contribution in [0.4, 0.5) is 0 Å². The molecule has 0 saturated carbocycles. The molecule has 0 aromatic rings. The Morgan fingerprint density at radius 2 is 1.70 bits per heavy atom. The van der Waals surface area contributed by atoms with Crippen LogP contribution < -0.4 is 0 Å². The van der Waals surface area contributed by atoms with Crippen molar-refractivity contribution in [3.63, 3.8) is 0 Å². The van der Waals surface area contributed by atoms with Crippen molar-refractivity contribution in [1.29, 1.82) is 0 Å². The molecule has 0 rings (SSSR count). The fourth-order valence-electron chi connectivity index (χ4n) is 0.449. The van der Waals surface area contributed by atoms with Crippen LogP contribution in [0.15, 0.2) is 24.3 Å². The Balaban J connectivity index is 3.27. The van der Waals surface area contributed by atoms with E-state index in [1.165, 1.54) is 6.08 Å². The van der Waals surface area contributed by atoms with Crippen LogP contribution in [0.25, 0.3) is 0 Å². The summed E-state index contributed by atoms with van der Waals surface area (Å²) in [5.41, 5.74) is 0. The Bertz CT molecular complexity index is 145. The Morgan fingerprint density at radius 3 is 2.30 bits per heavy atom. The lowest BCUT2D eigenvalue weighted by Crippen LogP contribution is -1.69. The van der Waals surface area contributed by atoms with Crippen molar-refractivity contribution in [2.75, 3.05) is 0 Å². The third-order valence-electron chi connectivity index (χ3n) is 0.888. The maximum atomic E-state index is 9.79. The molecule has 0 aromatic carbocycles. The topological polar surface area (TPSA) is 34.1 Å². The molecule has 0 atom stereocenters. The number of allylic oxidation sites excluding steroid dienone is 4. The summed E-state index contributed by atoms with van der Waals surface area (Å²) in [6.07, 6.45) is 9.50. The summed E-state index contributed by atoms with van der Waals surface area (Å²) >= 11 is 0. The van der Waals surface area contributed by atoms with E-state index in [4.69, 9.17) is 0 Å². The summed E-state index contributed by atoms with van der Waals surface area (Å²) < 4.78 is 0. The molecule has 0 aliphatic carbocycles. The molecule has 0 aliphatic rings. The van der Waals surface area contributed by atoms with Crippen molar-refractivity contribution >= 4 is 12.6 Å².